The lowest BCUT2D eigenvalue weighted by Crippen LogP contribution is -2.14. The van der Waals surface area contributed by atoms with Gasteiger partial charge in [-0.15, -0.1) is 0 Å². The van der Waals surface area contributed by atoms with Crippen molar-refractivity contribution in [2.45, 2.75) is 6.92 Å². The summed E-state index contributed by atoms with van der Waals surface area (Å²) in [6.45, 7) is 1.91. The SMILES string of the molecule is COc1ccccc1/C=C(/C(=O)Nc1cc(OC)c(OC)cc1C)c1ccccc1. The van der Waals surface area contributed by atoms with Crippen molar-refractivity contribution in [3.8, 4) is 17.2 Å². The molecule has 30 heavy (non-hydrogen) atoms. The molecule has 0 radical (unpaired) electrons. The number of rotatable bonds is 7. The largest absolute Gasteiger partial charge is 0.496 e. The molecule has 0 spiro atoms. The van der Waals surface area contributed by atoms with Gasteiger partial charge in [0, 0.05) is 22.9 Å². The average Bonchev–Trinajstić information content (AvgIpc) is 2.79. The van der Waals surface area contributed by atoms with Crippen LogP contribution in [0.2, 0.25) is 0 Å². The molecule has 0 bridgehead atoms. The van der Waals surface area contributed by atoms with Gasteiger partial charge in [0.1, 0.15) is 5.75 Å². The second kappa shape index (κ2) is 9.65. The molecule has 5 heteroatoms. The molecule has 0 fully saturated rings. The van der Waals surface area contributed by atoms with Crippen LogP contribution in [0, 0.1) is 6.92 Å². The van der Waals surface area contributed by atoms with Crippen molar-refractivity contribution in [3.63, 3.8) is 0 Å². The van der Waals surface area contributed by atoms with Gasteiger partial charge in [-0.25, -0.2) is 0 Å². The van der Waals surface area contributed by atoms with E-state index in [1.54, 1.807) is 27.4 Å². The second-order valence-electron chi connectivity index (χ2n) is 6.64. The van der Waals surface area contributed by atoms with Crippen LogP contribution in [0.4, 0.5) is 5.69 Å². The first-order chi connectivity index (χ1) is 14.6. The third-order valence-electron chi connectivity index (χ3n) is 4.75. The summed E-state index contributed by atoms with van der Waals surface area (Å²) in [7, 11) is 4.76. The van der Waals surface area contributed by atoms with E-state index in [9.17, 15) is 4.79 Å². The quantitative estimate of drug-likeness (QED) is 0.435. The van der Waals surface area contributed by atoms with Crippen molar-refractivity contribution >= 4 is 23.2 Å². The summed E-state index contributed by atoms with van der Waals surface area (Å²) in [4.78, 5) is 13.3. The number of ether oxygens (including phenoxy) is 3. The summed E-state index contributed by atoms with van der Waals surface area (Å²) in [6, 6.07) is 20.7. The normalized spacial score (nSPS) is 11.0. The van der Waals surface area contributed by atoms with E-state index < -0.39 is 0 Å². The maximum Gasteiger partial charge on any atom is 0.256 e. The first kappa shape index (κ1) is 21.0. The highest BCUT2D eigenvalue weighted by atomic mass is 16.5. The van der Waals surface area contributed by atoms with E-state index in [1.807, 2.05) is 73.7 Å². The minimum Gasteiger partial charge on any atom is -0.496 e. The molecule has 3 rings (SSSR count). The first-order valence-electron chi connectivity index (χ1n) is 9.51. The number of anilines is 1. The number of para-hydroxylation sites is 1. The zero-order chi connectivity index (χ0) is 21.5. The summed E-state index contributed by atoms with van der Waals surface area (Å²) in [5.74, 6) is 1.62. The molecule has 154 valence electrons. The molecule has 0 aromatic heterocycles. The monoisotopic (exact) mass is 403 g/mol. The molecule has 0 aliphatic heterocycles. The highest BCUT2D eigenvalue weighted by Crippen LogP contribution is 2.34. The zero-order valence-corrected chi connectivity index (χ0v) is 17.6. The third kappa shape index (κ3) is 4.63. The number of carbonyl (C=O) groups is 1. The number of methoxy groups -OCH3 is 3. The Hall–Kier alpha value is -3.73. The lowest BCUT2D eigenvalue weighted by molar-refractivity contribution is -0.111. The molecule has 0 saturated carbocycles. The van der Waals surface area contributed by atoms with Crippen LogP contribution < -0.4 is 19.5 Å². The van der Waals surface area contributed by atoms with Crippen LogP contribution in [0.15, 0.2) is 66.7 Å². The molecule has 0 aliphatic rings. The summed E-state index contributed by atoms with van der Waals surface area (Å²) in [5, 5.41) is 3.01. The predicted molar refractivity (Wildman–Crippen MR) is 120 cm³/mol. The van der Waals surface area contributed by atoms with Gasteiger partial charge >= 0.3 is 0 Å². The van der Waals surface area contributed by atoms with Gasteiger partial charge in [-0.3, -0.25) is 4.79 Å². The van der Waals surface area contributed by atoms with Crippen molar-refractivity contribution in [1.29, 1.82) is 0 Å². The third-order valence-corrected chi connectivity index (χ3v) is 4.75. The highest BCUT2D eigenvalue weighted by Gasteiger charge is 2.16. The fourth-order valence-corrected chi connectivity index (χ4v) is 3.14. The maximum absolute atomic E-state index is 13.3. The number of aryl methyl sites for hydroxylation is 1. The van der Waals surface area contributed by atoms with Gasteiger partial charge in [-0.05, 0) is 36.3 Å². The summed E-state index contributed by atoms with van der Waals surface area (Å²) in [5.41, 5.74) is 3.66. The van der Waals surface area contributed by atoms with Crippen LogP contribution in [0.5, 0.6) is 17.2 Å². The fraction of sp³-hybridized carbons (Fsp3) is 0.160. The van der Waals surface area contributed by atoms with Crippen molar-refractivity contribution in [3.05, 3.63) is 83.4 Å². The number of hydrogen-bond donors (Lipinski definition) is 1. The molecule has 5 nitrogen and oxygen atoms in total. The number of carbonyl (C=O) groups excluding carboxylic acids is 1. The molecule has 0 saturated heterocycles. The average molecular weight is 403 g/mol. The Balaban J connectivity index is 2.03. The van der Waals surface area contributed by atoms with E-state index in [2.05, 4.69) is 5.32 Å². The first-order valence-corrected chi connectivity index (χ1v) is 9.51. The van der Waals surface area contributed by atoms with Crippen molar-refractivity contribution < 1.29 is 19.0 Å². The molecule has 0 heterocycles. The fourth-order valence-electron chi connectivity index (χ4n) is 3.14. The summed E-state index contributed by atoms with van der Waals surface area (Å²) in [6.07, 6.45) is 1.83. The molecule has 0 atom stereocenters. The van der Waals surface area contributed by atoms with Gasteiger partial charge in [0.15, 0.2) is 11.5 Å². The predicted octanol–water partition coefficient (Wildman–Crippen LogP) is 5.20. The topological polar surface area (TPSA) is 56.8 Å². The van der Waals surface area contributed by atoms with Crippen LogP contribution in [-0.2, 0) is 4.79 Å². The van der Waals surface area contributed by atoms with E-state index in [4.69, 9.17) is 14.2 Å². The molecule has 0 aliphatic carbocycles. The Morgan fingerprint density at radius 3 is 2.07 bits per heavy atom. The van der Waals surface area contributed by atoms with Gasteiger partial charge in [0.25, 0.3) is 5.91 Å². The Labute approximate surface area is 176 Å². The number of benzene rings is 3. The van der Waals surface area contributed by atoms with E-state index >= 15 is 0 Å². The van der Waals surface area contributed by atoms with Crippen LogP contribution in [0.1, 0.15) is 16.7 Å². The Morgan fingerprint density at radius 2 is 1.40 bits per heavy atom. The number of hydrogen-bond acceptors (Lipinski definition) is 4. The van der Waals surface area contributed by atoms with E-state index in [-0.39, 0.29) is 5.91 Å². The minimum absolute atomic E-state index is 0.234. The van der Waals surface area contributed by atoms with Gasteiger partial charge < -0.3 is 19.5 Å². The van der Waals surface area contributed by atoms with Crippen LogP contribution in [0.3, 0.4) is 0 Å². The van der Waals surface area contributed by atoms with Gasteiger partial charge in [-0.1, -0.05) is 48.5 Å². The Bertz CT molecular complexity index is 1060. The molecule has 1 N–H and O–H groups in total. The lowest BCUT2D eigenvalue weighted by atomic mass is 10.0. The van der Waals surface area contributed by atoms with E-state index in [1.165, 1.54) is 0 Å². The van der Waals surface area contributed by atoms with Crippen molar-refractivity contribution in [1.82, 2.24) is 0 Å². The van der Waals surface area contributed by atoms with Gasteiger partial charge in [0.05, 0.1) is 21.3 Å². The maximum atomic E-state index is 13.3. The smallest absolute Gasteiger partial charge is 0.256 e. The van der Waals surface area contributed by atoms with Crippen LogP contribution in [-0.4, -0.2) is 27.2 Å². The van der Waals surface area contributed by atoms with Crippen molar-refractivity contribution in [2.75, 3.05) is 26.6 Å². The van der Waals surface area contributed by atoms with E-state index in [0.29, 0.717) is 28.5 Å². The van der Waals surface area contributed by atoms with Crippen molar-refractivity contribution in [2.24, 2.45) is 0 Å². The Kier molecular flexibility index (Phi) is 6.75. The summed E-state index contributed by atoms with van der Waals surface area (Å²) < 4.78 is 16.2. The second-order valence-corrected chi connectivity index (χ2v) is 6.64. The molecule has 1 amide bonds. The van der Waals surface area contributed by atoms with Crippen LogP contribution in [0.25, 0.3) is 11.6 Å². The highest BCUT2D eigenvalue weighted by molar-refractivity contribution is 6.29. The Morgan fingerprint density at radius 1 is 0.800 bits per heavy atom. The van der Waals surface area contributed by atoms with Crippen LogP contribution >= 0.6 is 0 Å². The van der Waals surface area contributed by atoms with Gasteiger partial charge in [0.2, 0.25) is 0 Å². The minimum atomic E-state index is -0.234. The lowest BCUT2D eigenvalue weighted by Gasteiger charge is -2.15. The number of amides is 1. The van der Waals surface area contributed by atoms with E-state index in [0.717, 1.165) is 16.7 Å². The molecular formula is C25H25NO4. The summed E-state index contributed by atoms with van der Waals surface area (Å²) >= 11 is 0. The number of nitrogens with one attached hydrogen (secondary N) is 1. The molecular weight excluding hydrogens is 378 g/mol. The molecule has 0 unspecified atom stereocenters. The van der Waals surface area contributed by atoms with Gasteiger partial charge in [-0.2, -0.15) is 0 Å². The zero-order valence-electron chi connectivity index (χ0n) is 17.6. The molecule has 3 aromatic rings. The molecule has 3 aromatic carbocycles. The standard InChI is InChI=1S/C25H25NO4/c1-17-14-23(29-3)24(30-4)16-21(17)26-25(27)20(18-10-6-5-7-11-18)15-19-12-8-9-13-22(19)28-2/h5-16H,1-4H3,(H,26,27)/b20-15+.